The van der Waals surface area contributed by atoms with Gasteiger partial charge in [-0.05, 0) is 25.0 Å². The van der Waals surface area contributed by atoms with Crippen molar-refractivity contribution >= 4 is 21.1 Å². The Balaban J connectivity index is 1.45. The number of H-pyrrole nitrogens is 1. The van der Waals surface area contributed by atoms with Crippen molar-refractivity contribution in [3.63, 3.8) is 0 Å². The molecule has 26 heavy (non-hydrogen) atoms. The topological polar surface area (TPSA) is 125 Å². The number of nitrogens with one attached hydrogen (secondary N) is 1. The Labute approximate surface area is 149 Å². The van der Waals surface area contributed by atoms with Crippen molar-refractivity contribution in [2.45, 2.75) is 35.7 Å². The molecular weight excluding hydrogens is 358 g/mol. The van der Waals surface area contributed by atoms with Gasteiger partial charge in [-0.25, -0.2) is 13.4 Å². The first-order valence-electron chi connectivity index (χ1n) is 8.46. The molecule has 10 heteroatoms. The summed E-state index contributed by atoms with van der Waals surface area (Å²) in [5.74, 6) is 0.992. The zero-order valence-corrected chi connectivity index (χ0v) is 14.6. The molecule has 3 aromatic rings. The zero-order chi connectivity index (χ0) is 17.9. The Hall–Kier alpha value is -2.30. The van der Waals surface area contributed by atoms with E-state index in [0.29, 0.717) is 22.8 Å². The van der Waals surface area contributed by atoms with Crippen molar-refractivity contribution in [2.75, 3.05) is 13.1 Å². The number of hydrogen-bond donors (Lipinski definition) is 2. The van der Waals surface area contributed by atoms with Crippen molar-refractivity contribution in [2.24, 2.45) is 0 Å². The van der Waals surface area contributed by atoms with Gasteiger partial charge in [0.15, 0.2) is 11.4 Å². The van der Waals surface area contributed by atoms with Gasteiger partial charge in [0.2, 0.25) is 10.0 Å². The van der Waals surface area contributed by atoms with Crippen LogP contribution in [0, 0.1) is 0 Å². The summed E-state index contributed by atoms with van der Waals surface area (Å²) >= 11 is 0. The van der Waals surface area contributed by atoms with E-state index in [-0.39, 0.29) is 30.3 Å². The Morgan fingerprint density at radius 1 is 1.38 bits per heavy atom. The molecule has 1 saturated heterocycles. The quantitative estimate of drug-likeness (QED) is 0.699. The van der Waals surface area contributed by atoms with Gasteiger partial charge in [-0.2, -0.15) is 9.29 Å². The van der Waals surface area contributed by atoms with Gasteiger partial charge < -0.3 is 14.6 Å². The summed E-state index contributed by atoms with van der Waals surface area (Å²) in [5.41, 5.74) is -0.955. The first kappa shape index (κ1) is 15.9. The third-order valence-electron chi connectivity index (χ3n) is 5.03. The number of pyridine rings is 1. The summed E-state index contributed by atoms with van der Waals surface area (Å²) in [7, 11) is -3.79. The standard InChI is InChI=1S/C16H17N5O4S/c22-16(15-19-13(20-25-15)10-3-4-10)5-7-21(9-16)26(23,24)12-8-18-14-11(12)2-1-6-17-14/h1-2,6,8,10,22H,3-5,7,9H2,(H,17,18)/t16-/m0/s1. The summed E-state index contributed by atoms with van der Waals surface area (Å²) in [6.07, 6.45) is 5.28. The van der Waals surface area contributed by atoms with Crippen molar-refractivity contribution in [3.8, 4) is 0 Å². The second-order valence-electron chi connectivity index (χ2n) is 6.90. The van der Waals surface area contributed by atoms with Gasteiger partial charge in [0.1, 0.15) is 10.5 Å². The van der Waals surface area contributed by atoms with Crippen molar-refractivity contribution in [1.82, 2.24) is 24.4 Å². The van der Waals surface area contributed by atoms with Gasteiger partial charge in [0.25, 0.3) is 5.89 Å². The molecule has 0 bridgehead atoms. The fraction of sp³-hybridized carbons (Fsp3) is 0.438. The monoisotopic (exact) mass is 375 g/mol. The minimum Gasteiger partial charge on any atom is -0.379 e. The largest absolute Gasteiger partial charge is 0.379 e. The molecule has 5 rings (SSSR count). The molecule has 1 atom stereocenters. The highest BCUT2D eigenvalue weighted by Gasteiger charge is 2.47. The van der Waals surface area contributed by atoms with E-state index in [2.05, 4.69) is 20.1 Å². The van der Waals surface area contributed by atoms with Gasteiger partial charge in [0, 0.05) is 36.7 Å². The predicted octanol–water partition coefficient (Wildman–Crippen LogP) is 1.11. The van der Waals surface area contributed by atoms with E-state index in [4.69, 9.17) is 4.52 Å². The molecule has 0 spiro atoms. The molecule has 0 radical (unpaired) electrons. The number of nitrogens with zero attached hydrogens (tertiary/aromatic N) is 4. The van der Waals surface area contributed by atoms with E-state index in [1.54, 1.807) is 18.3 Å². The normalized spacial score (nSPS) is 24.5. The van der Waals surface area contributed by atoms with Crippen molar-refractivity contribution in [3.05, 3.63) is 36.2 Å². The number of β-amino-alcohol motifs (C(OH)–C–C–N with tert-alkyl or cyclic N) is 1. The Kier molecular flexibility index (Phi) is 3.27. The van der Waals surface area contributed by atoms with Gasteiger partial charge in [0.05, 0.1) is 6.54 Å². The highest BCUT2D eigenvalue weighted by atomic mass is 32.2. The van der Waals surface area contributed by atoms with E-state index in [9.17, 15) is 13.5 Å². The maximum absolute atomic E-state index is 13.1. The smallest absolute Gasteiger partial charge is 0.260 e. The highest BCUT2D eigenvalue weighted by molar-refractivity contribution is 7.89. The third kappa shape index (κ3) is 2.37. The molecule has 1 saturated carbocycles. The average Bonchev–Trinajstić information content (AvgIpc) is 3.05. The highest BCUT2D eigenvalue weighted by Crippen LogP contribution is 2.40. The number of fused-ring (bicyclic) bond motifs is 1. The molecule has 0 amide bonds. The fourth-order valence-corrected chi connectivity index (χ4v) is 5.00. The maximum atomic E-state index is 13.1. The van der Waals surface area contributed by atoms with Crippen LogP contribution in [0.3, 0.4) is 0 Å². The van der Waals surface area contributed by atoms with Crippen LogP contribution >= 0.6 is 0 Å². The van der Waals surface area contributed by atoms with Crippen LogP contribution in [0.15, 0.2) is 33.9 Å². The lowest BCUT2D eigenvalue weighted by Crippen LogP contribution is -2.34. The van der Waals surface area contributed by atoms with Crippen LogP contribution in [0.25, 0.3) is 11.0 Å². The number of aliphatic hydroxyl groups is 1. The van der Waals surface area contributed by atoms with Crippen LogP contribution in [0.5, 0.6) is 0 Å². The molecule has 1 aliphatic carbocycles. The molecule has 0 aromatic carbocycles. The Morgan fingerprint density at radius 2 is 2.23 bits per heavy atom. The molecular formula is C16H17N5O4S. The number of sulfonamides is 1. The molecule has 1 aliphatic heterocycles. The summed E-state index contributed by atoms with van der Waals surface area (Å²) in [6, 6.07) is 3.39. The fourth-order valence-electron chi connectivity index (χ4n) is 3.35. The second kappa shape index (κ2) is 5.35. The maximum Gasteiger partial charge on any atom is 0.260 e. The molecule has 2 fully saturated rings. The lowest BCUT2D eigenvalue weighted by atomic mass is 10.0. The van der Waals surface area contributed by atoms with E-state index < -0.39 is 15.6 Å². The molecule has 2 aliphatic rings. The van der Waals surface area contributed by atoms with Crippen LogP contribution < -0.4 is 0 Å². The lowest BCUT2D eigenvalue weighted by molar-refractivity contribution is 0.0194. The molecule has 136 valence electrons. The van der Waals surface area contributed by atoms with Crippen molar-refractivity contribution < 1.29 is 18.0 Å². The molecule has 3 aromatic heterocycles. The lowest BCUT2D eigenvalue weighted by Gasteiger charge is -2.19. The number of aromatic amines is 1. The number of aromatic nitrogens is 4. The van der Waals surface area contributed by atoms with Gasteiger partial charge >= 0.3 is 0 Å². The first-order valence-corrected chi connectivity index (χ1v) is 9.90. The van der Waals surface area contributed by atoms with E-state index in [1.807, 2.05) is 0 Å². The van der Waals surface area contributed by atoms with Crippen LogP contribution in [0.2, 0.25) is 0 Å². The zero-order valence-electron chi connectivity index (χ0n) is 13.8. The predicted molar refractivity (Wildman–Crippen MR) is 89.6 cm³/mol. The van der Waals surface area contributed by atoms with Crippen molar-refractivity contribution in [1.29, 1.82) is 0 Å². The first-order chi connectivity index (χ1) is 12.5. The summed E-state index contributed by atoms with van der Waals surface area (Å²) in [6.45, 7) is 0.0570. The van der Waals surface area contributed by atoms with E-state index in [1.165, 1.54) is 10.5 Å². The van der Waals surface area contributed by atoms with Crippen LogP contribution in [-0.2, 0) is 15.6 Å². The molecule has 9 nitrogen and oxygen atoms in total. The molecule has 4 heterocycles. The van der Waals surface area contributed by atoms with Gasteiger partial charge in [-0.3, -0.25) is 0 Å². The minimum absolute atomic E-state index is 0.0951. The average molecular weight is 375 g/mol. The Bertz CT molecular complexity index is 1090. The number of rotatable bonds is 4. The van der Waals surface area contributed by atoms with Crippen LogP contribution in [0.4, 0.5) is 0 Å². The molecule has 2 N–H and O–H groups in total. The van der Waals surface area contributed by atoms with E-state index >= 15 is 0 Å². The second-order valence-corrected chi connectivity index (χ2v) is 8.81. The van der Waals surface area contributed by atoms with Crippen LogP contribution in [-0.4, -0.2) is 51.0 Å². The number of hydrogen-bond acceptors (Lipinski definition) is 7. The molecule has 0 unspecified atom stereocenters. The van der Waals surface area contributed by atoms with Crippen LogP contribution in [0.1, 0.15) is 36.9 Å². The summed E-state index contributed by atoms with van der Waals surface area (Å²) in [5, 5.41) is 15.3. The van der Waals surface area contributed by atoms with E-state index in [0.717, 1.165) is 12.8 Å². The summed E-state index contributed by atoms with van der Waals surface area (Å²) in [4.78, 5) is 11.4. The third-order valence-corrected chi connectivity index (χ3v) is 6.91. The SMILES string of the molecule is O=S(=O)(c1c[nH]c2ncccc12)N1CC[C@@](O)(c2nc(C3CC3)no2)C1. The minimum atomic E-state index is -3.79. The summed E-state index contributed by atoms with van der Waals surface area (Å²) < 4.78 is 32.6. The Morgan fingerprint density at radius 3 is 3.04 bits per heavy atom. The van der Waals surface area contributed by atoms with Gasteiger partial charge in [-0.15, -0.1) is 0 Å². The van der Waals surface area contributed by atoms with Gasteiger partial charge in [-0.1, -0.05) is 5.16 Å².